The average Bonchev–Trinajstić information content (AvgIpc) is 2.59. The van der Waals surface area contributed by atoms with E-state index in [0.29, 0.717) is 13.2 Å². The van der Waals surface area contributed by atoms with Crippen LogP contribution in [-0.4, -0.2) is 20.3 Å². The molecule has 0 atom stereocenters. The van der Waals surface area contributed by atoms with Crippen LogP contribution >= 0.6 is 15.9 Å². The third-order valence-corrected chi connectivity index (χ3v) is 4.39. The monoisotopic (exact) mass is 395 g/mol. The lowest BCUT2D eigenvalue weighted by Crippen LogP contribution is -2.18. The van der Waals surface area contributed by atoms with Crippen molar-refractivity contribution in [3.05, 3.63) is 57.8 Å². The Labute approximate surface area is 151 Å². The van der Waals surface area contributed by atoms with Crippen LogP contribution in [0, 0.1) is 5.82 Å². The zero-order valence-corrected chi connectivity index (χ0v) is 15.7. The van der Waals surface area contributed by atoms with Crippen LogP contribution in [0.3, 0.4) is 0 Å². The first-order valence-electron chi connectivity index (χ1n) is 8.09. The lowest BCUT2D eigenvalue weighted by Gasteiger charge is -2.17. The summed E-state index contributed by atoms with van der Waals surface area (Å²) in [5.41, 5.74) is 2.15. The van der Waals surface area contributed by atoms with Gasteiger partial charge in [-0.2, -0.15) is 0 Å². The second kappa shape index (κ2) is 9.64. The van der Waals surface area contributed by atoms with Crippen LogP contribution in [0.2, 0.25) is 0 Å². The van der Waals surface area contributed by atoms with Crippen LogP contribution in [0.1, 0.15) is 24.5 Å². The first kappa shape index (κ1) is 18.7. The molecule has 5 heteroatoms. The molecule has 0 bridgehead atoms. The van der Waals surface area contributed by atoms with E-state index in [1.54, 1.807) is 7.11 Å². The second-order valence-corrected chi connectivity index (χ2v) is 6.31. The van der Waals surface area contributed by atoms with Crippen LogP contribution < -0.4 is 14.8 Å². The van der Waals surface area contributed by atoms with Gasteiger partial charge in [-0.3, -0.25) is 0 Å². The Morgan fingerprint density at radius 2 is 1.88 bits per heavy atom. The maximum Gasteiger partial charge on any atom is 0.166 e. The summed E-state index contributed by atoms with van der Waals surface area (Å²) >= 11 is 3.59. The third-order valence-electron chi connectivity index (χ3n) is 3.64. The van der Waals surface area contributed by atoms with E-state index in [4.69, 9.17) is 9.47 Å². The topological polar surface area (TPSA) is 30.5 Å². The van der Waals surface area contributed by atoms with Crippen molar-refractivity contribution in [3.8, 4) is 11.5 Å². The molecule has 0 fully saturated rings. The highest BCUT2D eigenvalue weighted by Gasteiger charge is 2.14. The van der Waals surface area contributed by atoms with Crippen molar-refractivity contribution in [2.75, 3.05) is 20.3 Å². The van der Waals surface area contributed by atoms with E-state index in [0.717, 1.165) is 46.5 Å². The fourth-order valence-electron chi connectivity index (χ4n) is 2.37. The third kappa shape index (κ3) is 5.21. The van der Waals surface area contributed by atoms with E-state index in [-0.39, 0.29) is 5.82 Å². The van der Waals surface area contributed by atoms with Crippen LogP contribution in [0.15, 0.2) is 40.9 Å². The Hall–Kier alpha value is -1.59. The van der Waals surface area contributed by atoms with E-state index in [9.17, 15) is 4.39 Å². The van der Waals surface area contributed by atoms with Gasteiger partial charge in [-0.15, -0.1) is 0 Å². The fraction of sp³-hybridized carbons (Fsp3) is 0.368. The molecule has 0 saturated carbocycles. The van der Waals surface area contributed by atoms with Gasteiger partial charge < -0.3 is 14.8 Å². The number of hydrogen-bond acceptors (Lipinski definition) is 3. The first-order valence-corrected chi connectivity index (χ1v) is 8.88. The molecule has 0 heterocycles. The molecule has 0 aromatic heterocycles. The molecule has 0 amide bonds. The maximum atomic E-state index is 12.9. The van der Waals surface area contributed by atoms with Gasteiger partial charge in [0.1, 0.15) is 5.82 Å². The summed E-state index contributed by atoms with van der Waals surface area (Å²) in [4.78, 5) is 0. The zero-order chi connectivity index (χ0) is 17.4. The standard InChI is InChI=1S/C19H23BrFNO2/c1-3-12-24-19-16(17(20)8-9-18(19)23-2)13-22-11-10-14-4-6-15(21)7-5-14/h4-9,22H,3,10-13H2,1-2H3. The Balaban J connectivity index is 1.98. The van der Waals surface area contributed by atoms with Crippen molar-refractivity contribution < 1.29 is 13.9 Å². The predicted molar refractivity (Wildman–Crippen MR) is 98.3 cm³/mol. The minimum atomic E-state index is -0.204. The van der Waals surface area contributed by atoms with Crippen LogP contribution in [0.4, 0.5) is 4.39 Å². The Morgan fingerprint density at radius 1 is 1.12 bits per heavy atom. The number of benzene rings is 2. The van der Waals surface area contributed by atoms with Crippen molar-refractivity contribution in [1.82, 2.24) is 5.32 Å². The van der Waals surface area contributed by atoms with Crippen LogP contribution in [0.25, 0.3) is 0 Å². The van der Waals surface area contributed by atoms with Crippen molar-refractivity contribution in [2.45, 2.75) is 26.3 Å². The van der Waals surface area contributed by atoms with Gasteiger partial charge in [0, 0.05) is 16.6 Å². The molecule has 0 saturated heterocycles. The van der Waals surface area contributed by atoms with Gasteiger partial charge in [0.25, 0.3) is 0 Å². The maximum absolute atomic E-state index is 12.9. The molecule has 24 heavy (non-hydrogen) atoms. The first-order chi connectivity index (χ1) is 11.7. The quantitative estimate of drug-likeness (QED) is 0.623. The summed E-state index contributed by atoms with van der Waals surface area (Å²) in [5, 5.41) is 3.41. The number of ether oxygens (including phenoxy) is 2. The molecule has 130 valence electrons. The number of nitrogens with one attached hydrogen (secondary N) is 1. The molecule has 0 spiro atoms. The zero-order valence-electron chi connectivity index (χ0n) is 14.1. The van der Waals surface area contributed by atoms with E-state index < -0.39 is 0 Å². The van der Waals surface area contributed by atoms with Gasteiger partial charge in [-0.05, 0) is 49.2 Å². The molecule has 2 rings (SSSR count). The number of hydrogen-bond donors (Lipinski definition) is 1. The van der Waals surface area contributed by atoms with E-state index in [2.05, 4.69) is 28.2 Å². The van der Waals surface area contributed by atoms with Crippen LogP contribution in [0.5, 0.6) is 11.5 Å². The Morgan fingerprint density at radius 3 is 2.54 bits per heavy atom. The summed E-state index contributed by atoms with van der Waals surface area (Å²) in [5.74, 6) is 1.31. The van der Waals surface area contributed by atoms with E-state index >= 15 is 0 Å². The highest BCUT2D eigenvalue weighted by atomic mass is 79.9. The smallest absolute Gasteiger partial charge is 0.166 e. The molecule has 3 nitrogen and oxygen atoms in total. The lowest BCUT2D eigenvalue weighted by atomic mass is 10.1. The Bertz CT molecular complexity index is 647. The van der Waals surface area contributed by atoms with Crippen molar-refractivity contribution in [3.63, 3.8) is 0 Å². The van der Waals surface area contributed by atoms with E-state index in [1.165, 1.54) is 12.1 Å². The predicted octanol–water partition coefficient (Wildman–Crippen LogP) is 4.72. The molecule has 2 aromatic rings. The summed E-state index contributed by atoms with van der Waals surface area (Å²) in [7, 11) is 1.65. The molecule has 0 aliphatic rings. The summed E-state index contributed by atoms with van der Waals surface area (Å²) in [6.45, 7) is 4.18. The van der Waals surface area contributed by atoms with Gasteiger partial charge >= 0.3 is 0 Å². The summed E-state index contributed by atoms with van der Waals surface area (Å²) in [6.07, 6.45) is 1.78. The second-order valence-electron chi connectivity index (χ2n) is 5.46. The van der Waals surface area contributed by atoms with Gasteiger partial charge in [0.2, 0.25) is 0 Å². The van der Waals surface area contributed by atoms with E-state index in [1.807, 2.05) is 24.3 Å². The molecule has 0 unspecified atom stereocenters. The largest absolute Gasteiger partial charge is 0.493 e. The van der Waals surface area contributed by atoms with Crippen LogP contribution in [-0.2, 0) is 13.0 Å². The molecule has 2 aromatic carbocycles. The van der Waals surface area contributed by atoms with Gasteiger partial charge in [0.05, 0.1) is 13.7 Å². The van der Waals surface area contributed by atoms with Gasteiger partial charge in [-0.1, -0.05) is 35.0 Å². The normalized spacial score (nSPS) is 10.7. The summed E-state index contributed by atoms with van der Waals surface area (Å²) < 4.78 is 25.2. The average molecular weight is 396 g/mol. The minimum absolute atomic E-state index is 0.204. The molecule has 0 aliphatic carbocycles. The summed E-state index contributed by atoms with van der Waals surface area (Å²) in [6, 6.07) is 10.5. The highest BCUT2D eigenvalue weighted by molar-refractivity contribution is 9.10. The fourth-order valence-corrected chi connectivity index (χ4v) is 2.82. The lowest BCUT2D eigenvalue weighted by molar-refractivity contribution is 0.290. The van der Waals surface area contributed by atoms with Crippen molar-refractivity contribution >= 4 is 15.9 Å². The number of rotatable bonds is 9. The Kier molecular flexibility index (Phi) is 7.53. The highest BCUT2D eigenvalue weighted by Crippen LogP contribution is 2.36. The van der Waals surface area contributed by atoms with Gasteiger partial charge in [0.15, 0.2) is 11.5 Å². The molecular formula is C19H23BrFNO2. The molecular weight excluding hydrogens is 373 g/mol. The molecule has 0 aliphatic heterocycles. The van der Waals surface area contributed by atoms with Crippen molar-refractivity contribution in [1.29, 1.82) is 0 Å². The van der Waals surface area contributed by atoms with Crippen molar-refractivity contribution in [2.24, 2.45) is 0 Å². The number of halogens is 2. The van der Waals surface area contributed by atoms with Gasteiger partial charge in [-0.25, -0.2) is 4.39 Å². The molecule has 1 N–H and O–H groups in total. The minimum Gasteiger partial charge on any atom is -0.493 e. The number of methoxy groups -OCH3 is 1. The molecule has 0 radical (unpaired) electrons. The SMILES string of the molecule is CCCOc1c(OC)ccc(Br)c1CNCCc1ccc(F)cc1.